The van der Waals surface area contributed by atoms with E-state index in [-0.39, 0.29) is 16.2 Å². The highest BCUT2D eigenvalue weighted by Crippen LogP contribution is 2.35. The number of halogens is 6. The summed E-state index contributed by atoms with van der Waals surface area (Å²) >= 11 is 0. The lowest BCUT2D eigenvalue weighted by atomic mass is 10.0. The molecule has 7 aromatic rings. The molecule has 0 amide bonds. The Morgan fingerprint density at radius 3 is 1.30 bits per heavy atom. The Balaban J connectivity index is 1.46. The van der Waals surface area contributed by atoms with Crippen LogP contribution in [-0.4, -0.2) is 9.97 Å². The highest BCUT2D eigenvalue weighted by Gasteiger charge is 2.31. The molecular formula is C34H14F6N6. The van der Waals surface area contributed by atoms with Crippen LogP contribution in [0, 0.1) is 22.9 Å². The smallest absolute Gasteiger partial charge is 0.241 e. The number of hydrogen-bond donors (Lipinski definition) is 0. The van der Waals surface area contributed by atoms with Crippen LogP contribution in [0.1, 0.15) is 11.1 Å². The van der Waals surface area contributed by atoms with E-state index in [1.807, 2.05) is 0 Å². The van der Waals surface area contributed by atoms with Gasteiger partial charge in [-0.25, -0.2) is 9.97 Å². The summed E-state index contributed by atoms with van der Waals surface area (Å²) in [6, 6.07) is 19.6. The SMILES string of the molecule is N#CN=c1c2cc(-c3ccc(C(F)(F)F)cc3)ccc2c2nc3c(=NC#N)c4ccc(-c5ccc(C(F)(F)F)cc5)cc4c3nc12. The molecule has 1 heterocycles. The van der Waals surface area contributed by atoms with E-state index in [0.29, 0.717) is 60.3 Å². The van der Waals surface area contributed by atoms with Gasteiger partial charge < -0.3 is 0 Å². The van der Waals surface area contributed by atoms with Gasteiger partial charge in [0, 0.05) is 21.5 Å². The normalized spacial score (nSPS) is 13.2. The molecule has 7 rings (SSSR count). The summed E-state index contributed by atoms with van der Waals surface area (Å²) in [5.74, 6) is 0. The van der Waals surface area contributed by atoms with Gasteiger partial charge in [-0.3, -0.25) is 0 Å². The van der Waals surface area contributed by atoms with E-state index in [1.54, 1.807) is 48.8 Å². The topological polar surface area (TPSA) is 98.1 Å². The van der Waals surface area contributed by atoms with Crippen LogP contribution in [0.3, 0.4) is 0 Å². The van der Waals surface area contributed by atoms with Crippen molar-refractivity contribution in [3.05, 3.63) is 107 Å². The van der Waals surface area contributed by atoms with Gasteiger partial charge in [0.2, 0.25) is 12.4 Å². The monoisotopic (exact) mass is 620 g/mol. The predicted molar refractivity (Wildman–Crippen MR) is 158 cm³/mol. The van der Waals surface area contributed by atoms with Crippen LogP contribution >= 0.6 is 0 Å². The predicted octanol–water partition coefficient (Wildman–Crippen LogP) is 8.10. The first-order valence-electron chi connectivity index (χ1n) is 13.5. The zero-order chi connectivity index (χ0) is 32.4. The van der Waals surface area contributed by atoms with Gasteiger partial charge in [0.05, 0.1) is 22.2 Å². The Kier molecular flexibility index (Phi) is 6.35. The second-order valence-electron chi connectivity index (χ2n) is 10.4. The van der Waals surface area contributed by atoms with E-state index < -0.39 is 23.5 Å². The maximum Gasteiger partial charge on any atom is 0.416 e. The second kappa shape index (κ2) is 10.2. The van der Waals surface area contributed by atoms with Crippen LogP contribution in [0.25, 0.3) is 65.9 Å². The van der Waals surface area contributed by atoms with E-state index in [4.69, 9.17) is 9.97 Å². The first-order chi connectivity index (χ1) is 22.0. The zero-order valence-electron chi connectivity index (χ0n) is 23.0. The number of benzene rings is 4. The summed E-state index contributed by atoms with van der Waals surface area (Å²) in [4.78, 5) is 17.7. The molecule has 0 bridgehead atoms. The van der Waals surface area contributed by atoms with Crippen molar-refractivity contribution >= 4 is 43.6 Å². The molecule has 46 heavy (non-hydrogen) atoms. The van der Waals surface area contributed by atoms with E-state index in [1.165, 1.54) is 24.3 Å². The summed E-state index contributed by atoms with van der Waals surface area (Å²) < 4.78 is 78.6. The number of nitriles is 2. The summed E-state index contributed by atoms with van der Waals surface area (Å²) in [5.41, 5.74) is 1.95. The second-order valence-corrected chi connectivity index (χ2v) is 10.4. The third-order valence-corrected chi connectivity index (χ3v) is 7.82. The third kappa shape index (κ3) is 4.59. The number of alkyl halides is 6. The average molecular weight is 621 g/mol. The fourth-order valence-corrected chi connectivity index (χ4v) is 5.68. The van der Waals surface area contributed by atoms with Gasteiger partial charge in [0.25, 0.3) is 0 Å². The molecule has 0 aliphatic heterocycles. The molecule has 0 fully saturated rings. The molecule has 1 aromatic heterocycles. The summed E-state index contributed by atoms with van der Waals surface area (Å²) in [5, 5.41) is 21.6. The molecule has 6 aromatic carbocycles. The van der Waals surface area contributed by atoms with Crippen molar-refractivity contribution in [1.29, 1.82) is 10.5 Å². The van der Waals surface area contributed by atoms with Crippen molar-refractivity contribution in [1.82, 2.24) is 9.97 Å². The maximum absolute atomic E-state index is 13.1. The minimum atomic E-state index is -4.48. The molecule has 0 N–H and O–H groups in total. The van der Waals surface area contributed by atoms with Crippen LogP contribution in [0.5, 0.6) is 0 Å². The minimum absolute atomic E-state index is 0.211. The van der Waals surface area contributed by atoms with Gasteiger partial charge in [0.1, 0.15) is 21.7 Å². The molecular weight excluding hydrogens is 606 g/mol. The largest absolute Gasteiger partial charge is 0.416 e. The molecule has 0 saturated heterocycles. The molecule has 6 nitrogen and oxygen atoms in total. The van der Waals surface area contributed by atoms with E-state index in [0.717, 1.165) is 24.3 Å². The molecule has 12 heteroatoms. The molecule has 222 valence electrons. The minimum Gasteiger partial charge on any atom is -0.241 e. The Bertz CT molecular complexity index is 2560. The summed E-state index contributed by atoms with van der Waals surface area (Å²) in [6.45, 7) is 0. The van der Waals surface area contributed by atoms with Crippen LogP contribution in [0.4, 0.5) is 26.3 Å². The summed E-state index contributed by atoms with van der Waals surface area (Å²) in [6.07, 6.45) is -5.38. The Morgan fingerprint density at radius 2 is 0.848 bits per heavy atom. The number of aromatic nitrogens is 2. The van der Waals surface area contributed by atoms with Crippen molar-refractivity contribution < 1.29 is 26.3 Å². The Labute approximate surface area is 254 Å². The van der Waals surface area contributed by atoms with Crippen LogP contribution < -0.4 is 10.7 Å². The highest BCUT2D eigenvalue weighted by atomic mass is 19.4. The van der Waals surface area contributed by atoms with Crippen LogP contribution in [0.2, 0.25) is 0 Å². The lowest BCUT2D eigenvalue weighted by Gasteiger charge is -2.08. The molecule has 0 radical (unpaired) electrons. The van der Waals surface area contributed by atoms with Gasteiger partial charge in [-0.05, 0) is 58.7 Å². The first-order valence-corrected chi connectivity index (χ1v) is 13.5. The number of hydrogen-bond acceptors (Lipinski definition) is 6. The number of nitrogens with zero attached hydrogens (tertiary/aromatic N) is 6. The zero-order valence-corrected chi connectivity index (χ0v) is 23.0. The summed E-state index contributed by atoms with van der Waals surface area (Å²) in [7, 11) is 0. The Hall–Kier alpha value is -6.14. The fraction of sp³-hybridized carbons (Fsp3) is 0.0588. The standard InChI is InChI=1S/C34H14F6N6/c35-33(36,37)21-7-1-17(2-8-21)19-6-12-24-25(13-19)28(44-16-42)32-29(24)45-31-27(43-15-41)23-11-5-20(14-26(23)30(31)46-32)18-3-9-22(10-4-18)34(38,39)40/h1-14H. The lowest BCUT2D eigenvalue weighted by Crippen LogP contribution is -2.04. The van der Waals surface area contributed by atoms with Crippen molar-refractivity contribution in [3.8, 4) is 34.6 Å². The van der Waals surface area contributed by atoms with Crippen molar-refractivity contribution in [2.75, 3.05) is 0 Å². The van der Waals surface area contributed by atoms with Gasteiger partial charge in [0.15, 0.2) is 0 Å². The van der Waals surface area contributed by atoms with Crippen LogP contribution in [-0.2, 0) is 12.4 Å². The molecule has 0 aliphatic carbocycles. The quantitative estimate of drug-likeness (QED) is 0.144. The van der Waals surface area contributed by atoms with Gasteiger partial charge >= 0.3 is 12.4 Å². The first kappa shape index (κ1) is 28.6. The molecule has 0 atom stereocenters. The van der Waals surface area contributed by atoms with Gasteiger partial charge in [-0.1, -0.05) is 48.5 Å². The lowest BCUT2D eigenvalue weighted by molar-refractivity contribution is -0.138. The number of fused-ring (bicyclic) bond motifs is 6. The highest BCUT2D eigenvalue weighted by molar-refractivity contribution is 6.15. The molecule has 0 aliphatic rings. The maximum atomic E-state index is 13.1. The average Bonchev–Trinajstić information content (AvgIpc) is 3.50. The molecule has 0 unspecified atom stereocenters. The van der Waals surface area contributed by atoms with Crippen molar-refractivity contribution in [2.45, 2.75) is 12.4 Å². The third-order valence-electron chi connectivity index (χ3n) is 7.82. The molecule has 0 spiro atoms. The van der Waals surface area contributed by atoms with E-state index in [2.05, 4.69) is 9.98 Å². The van der Waals surface area contributed by atoms with E-state index >= 15 is 0 Å². The van der Waals surface area contributed by atoms with Gasteiger partial charge in [-0.15, -0.1) is 0 Å². The molecule has 0 saturated carbocycles. The fourth-order valence-electron chi connectivity index (χ4n) is 5.68. The van der Waals surface area contributed by atoms with Crippen LogP contribution in [0.15, 0.2) is 94.9 Å². The van der Waals surface area contributed by atoms with Gasteiger partial charge in [-0.2, -0.15) is 46.9 Å². The van der Waals surface area contributed by atoms with Crippen molar-refractivity contribution in [3.63, 3.8) is 0 Å². The number of rotatable bonds is 2. The van der Waals surface area contributed by atoms with Crippen molar-refractivity contribution in [2.24, 2.45) is 9.98 Å². The van der Waals surface area contributed by atoms with E-state index in [9.17, 15) is 36.9 Å². The Morgan fingerprint density at radius 1 is 0.457 bits per heavy atom.